The summed E-state index contributed by atoms with van der Waals surface area (Å²) in [5.74, 6) is 0. The Morgan fingerprint density at radius 2 is 1.55 bits per heavy atom. The molecule has 0 aliphatic carbocycles. The van der Waals surface area contributed by atoms with Gasteiger partial charge in [-0.2, -0.15) is 0 Å². The first kappa shape index (κ1) is 14.8. The summed E-state index contributed by atoms with van der Waals surface area (Å²) in [5.41, 5.74) is 2.71. The average molecular weight is 289 g/mol. The Labute approximate surface area is 132 Å². The van der Waals surface area contributed by atoms with Gasteiger partial charge in [0, 0.05) is 6.54 Å². The van der Waals surface area contributed by atoms with E-state index in [2.05, 4.69) is 86.6 Å². The van der Waals surface area contributed by atoms with Crippen LogP contribution < -0.4 is 0 Å². The van der Waals surface area contributed by atoms with Crippen LogP contribution in [0.5, 0.6) is 0 Å². The van der Waals surface area contributed by atoms with Gasteiger partial charge in [0.05, 0.1) is 0 Å². The smallest absolute Gasteiger partial charge is 0.0234 e. The molecule has 1 heteroatoms. The lowest BCUT2D eigenvalue weighted by Crippen LogP contribution is -2.11. The van der Waals surface area contributed by atoms with Gasteiger partial charge in [-0.05, 0) is 53.2 Å². The van der Waals surface area contributed by atoms with Crippen molar-refractivity contribution in [2.24, 2.45) is 0 Å². The predicted molar refractivity (Wildman–Crippen MR) is 98.2 cm³/mol. The van der Waals surface area contributed by atoms with E-state index in [1.807, 2.05) is 0 Å². The Kier molecular flexibility index (Phi) is 4.26. The van der Waals surface area contributed by atoms with Gasteiger partial charge < -0.3 is 4.90 Å². The van der Waals surface area contributed by atoms with Crippen LogP contribution in [0.1, 0.15) is 24.5 Å². The summed E-state index contributed by atoms with van der Waals surface area (Å²) in [6.07, 6.45) is 5.56. The molecule has 0 saturated heterocycles. The molecule has 0 aromatic heterocycles. The van der Waals surface area contributed by atoms with Crippen molar-refractivity contribution >= 4 is 27.6 Å². The molecule has 22 heavy (non-hydrogen) atoms. The minimum atomic E-state index is 0.961. The van der Waals surface area contributed by atoms with E-state index in [0.717, 1.165) is 13.0 Å². The first-order valence-corrected chi connectivity index (χ1v) is 7.95. The highest BCUT2D eigenvalue weighted by Crippen LogP contribution is 2.32. The van der Waals surface area contributed by atoms with E-state index in [9.17, 15) is 0 Å². The molecule has 0 unspecified atom stereocenters. The van der Waals surface area contributed by atoms with Crippen LogP contribution in [0.25, 0.3) is 27.6 Å². The number of benzene rings is 3. The minimum Gasteiger partial charge on any atom is -0.305 e. The molecule has 0 N–H and O–H groups in total. The van der Waals surface area contributed by atoms with E-state index in [0.29, 0.717) is 0 Å². The van der Waals surface area contributed by atoms with Gasteiger partial charge in [-0.3, -0.25) is 0 Å². The summed E-state index contributed by atoms with van der Waals surface area (Å²) >= 11 is 0. The molecule has 0 fully saturated rings. The summed E-state index contributed by atoms with van der Waals surface area (Å²) in [6, 6.07) is 17.7. The highest BCUT2D eigenvalue weighted by Gasteiger charge is 2.09. The molecule has 3 aromatic carbocycles. The van der Waals surface area contributed by atoms with Gasteiger partial charge in [-0.15, -0.1) is 0 Å². The quantitative estimate of drug-likeness (QED) is 0.575. The molecule has 0 spiro atoms. The van der Waals surface area contributed by atoms with Gasteiger partial charge in [0.25, 0.3) is 0 Å². The van der Waals surface area contributed by atoms with Gasteiger partial charge in [-0.1, -0.05) is 67.6 Å². The molecule has 0 aliphatic rings. The summed E-state index contributed by atoms with van der Waals surface area (Å²) in [4.78, 5) is 2.23. The van der Waals surface area contributed by atoms with Gasteiger partial charge in [0.2, 0.25) is 0 Å². The molecule has 3 rings (SSSR count). The maximum Gasteiger partial charge on any atom is 0.0234 e. The maximum atomic E-state index is 2.26. The van der Waals surface area contributed by atoms with Crippen molar-refractivity contribution in [1.29, 1.82) is 0 Å². The summed E-state index contributed by atoms with van der Waals surface area (Å²) in [5, 5.41) is 5.41. The molecular weight excluding hydrogens is 266 g/mol. The fraction of sp³-hybridized carbons (Fsp3) is 0.238. The molecular formula is C21H23N. The van der Waals surface area contributed by atoms with Crippen LogP contribution in [0.2, 0.25) is 0 Å². The summed E-state index contributed by atoms with van der Waals surface area (Å²) in [6.45, 7) is 3.14. The van der Waals surface area contributed by atoms with Gasteiger partial charge in [0.15, 0.2) is 0 Å². The van der Waals surface area contributed by atoms with Crippen molar-refractivity contribution in [3.63, 3.8) is 0 Å². The third-order valence-electron chi connectivity index (χ3n) is 4.02. The van der Waals surface area contributed by atoms with Crippen LogP contribution in [0.3, 0.4) is 0 Å². The summed E-state index contributed by atoms with van der Waals surface area (Å²) < 4.78 is 0. The monoisotopic (exact) mass is 289 g/mol. The number of nitrogens with zero attached hydrogens (tertiary/aromatic N) is 1. The first-order valence-electron chi connectivity index (χ1n) is 7.95. The van der Waals surface area contributed by atoms with E-state index >= 15 is 0 Å². The lowest BCUT2D eigenvalue weighted by atomic mass is 9.94. The number of fused-ring (bicyclic) bond motifs is 3. The highest BCUT2D eigenvalue weighted by atomic mass is 15.0. The predicted octanol–water partition coefficient (Wildman–Crippen LogP) is 5.48. The Bertz CT molecular complexity index is 828. The molecule has 0 aliphatic heterocycles. The van der Waals surface area contributed by atoms with E-state index in [1.165, 1.54) is 32.7 Å². The van der Waals surface area contributed by atoms with Crippen molar-refractivity contribution in [2.75, 3.05) is 14.1 Å². The molecule has 1 nitrogen and oxygen atoms in total. The number of allylic oxidation sites excluding steroid dienone is 1. The van der Waals surface area contributed by atoms with E-state index in [1.54, 1.807) is 0 Å². The average Bonchev–Trinajstić information content (AvgIpc) is 2.52. The van der Waals surface area contributed by atoms with Crippen LogP contribution in [-0.4, -0.2) is 19.0 Å². The number of hydrogen-bond acceptors (Lipinski definition) is 1. The second kappa shape index (κ2) is 6.33. The second-order valence-electron chi connectivity index (χ2n) is 6.07. The lowest BCUT2D eigenvalue weighted by molar-refractivity contribution is 0.404. The third-order valence-corrected chi connectivity index (χ3v) is 4.02. The van der Waals surface area contributed by atoms with Crippen LogP contribution in [-0.2, 0) is 6.54 Å². The first-order chi connectivity index (χ1) is 10.7. The SMILES string of the molecule is CC/C=C\c1cccc2ccc3cccc(CN(C)C)c3c12. The fourth-order valence-electron chi connectivity index (χ4n) is 3.12. The van der Waals surface area contributed by atoms with Crippen molar-refractivity contribution in [3.05, 3.63) is 65.7 Å². The molecule has 0 atom stereocenters. The van der Waals surface area contributed by atoms with Gasteiger partial charge in [0.1, 0.15) is 0 Å². The minimum absolute atomic E-state index is 0.961. The number of rotatable bonds is 4. The Balaban J connectivity index is 2.39. The molecule has 0 radical (unpaired) electrons. The largest absolute Gasteiger partial charge is 0.305 e. The summed E-state index contributed by atoms with van der Waals surface area (Å²) in [7, 11) is 4.25. The zero-order valence-corrected chi connectivity index (χ0v) is 13.6. The van der Waals surface area contributed by atoms with Crippen molar-refractivity contribution in [2.45, 2.75) is 19.9 Å². The van der Waals surface area contributed by atoms with Crippen LogP contribution in [0, 0.1) is 0 Å². The third kappa shape index (κ3) is 2.77. The molecule has 3 aromatic rings. The molecule has 112 valence electrons. The number of hydrogen-bond donors (Lipinski definition) is 0. The lowest BCUT2D eigenvalue weighted by Gasteiger charge is -2.15. The Morgan fingerprint density at radius 1 is 0.864 bits per heavy atom. The van der Waals surface area contributed by atoms with Crippen LogP contribution >= 0.6 is 0 Å². The second-order valence-corrected chi connectivity index (χ2v) is 6.07. The zero-order chi connectivity index (χ0) is 15.5. The molecule has 0 amide bonds. The van der Waals surface area contributed by atoms with Gasteiger partial charge >= 0.3 is 0 Å². The van der Waals surface area contributed by atoms with E-state index < -0.39 is 0 Å². The standard InChI is InChI=1S/C21H23N/c1-4-5-8-16-9-6-10-17-13-14-18-11-7-12-19(15-22(2)3)21(18)20(16)17/h5-14H,4,15H2,1-3H3/b8-5-. The van der Waals surface area contributed by atoms with Crippen LogP contribution in [0.15, 0.2) is 54.6 Å². The highest BCUT2D eigenvalue weighted by molar-refractivity contribution is 6.12. The van der Waals surface area contributed by atoms with Crippen molar-refractivity contribution < 1.29 is 0 Å². The van der Waals surface area contributed by atoms with E-state index in [4.69, 9.17) is 0 Å². The Morgan fingerprint density at radius 3 is 2.23 bits per heavy atom. The van der Waals surface area contributed by atoms with Gasteiger partial charge in [-0.25, -0.2) is 0 Å². The van der Waals surface area contributed by atoms with Crippen molar-refractivity contribution in [3.8, 4) is 0 Å². The Hall–Kier alpha value is -2.12. The molecule has 0 saturated carbocycles. The van der Waals surface area contributed by atoms with Crippen molar-refractivity contribution in [1.82, 2.24) is 4.90 Å². The zero-order valence-electron chi connectivity index (χ0n) is 13.6. The topological polar surface area (TPSA) is 3.24 Å². The normalized spacial score (nSPS) is 12.0. The maximum absolute atomic E-state index is 2.26. The fourth-order valence-corrected chi connectivity index (χ4v) is 3.12. The molecule has 0 heterocycles. The molecule has 0 bridgehead atoms. The van der Waals surface area contributed by atoms with Crippen LogP contribution in [0.4, 0.5) is 0 Å². The van der Waals surface area contributed by atoms with E-state index in [-0.39, 0.29) is 0 Å².